The highest BCUT2D eigenvalue weighted by atomic mass is 16.5. The summed E-state index contributed by atoms with van der Waals surface area (Å²) in [5.41, 5.74) is 0. The molecule has 3 atom stereocenters. The lowest BCUT2D eigenvalue weighted by Gasteiger charge is -2.17. The number of aromatic amines is 1. The Bertz CT molecular complexity index is 379. The van der Waals surface area contributed by atoms with Gasteiger partial charge in [-0.15, -0.1) is 0 Å². The molecule has 2 heterocycles. The van der Waals surface area contributed by atoms with Crippen molar-refractivity contribution in [1.82, 2.24) is 20.6 Å². The zero-order valence-electron chi connectivity index (χ0n) is 10.8. The van der Waals surface area contributed by atoms with E-state index in [1.807, 2.05) is 6.92 Å². The highest BCUT2D eigenvalue weighted by molar-refractivity contribution is 5.82. The molecule has 6 heteroatoms. The standard InChI is InChI=1S/C12H20N4O2/c1-3-9(11-13-4-5-14-11)16-12(17)10-6-8(18-2)7-15-10/h4-5,8-10,15H,3,6-7H2,1-2H3,(H,13,14)(H,16,17). The van der Waals surface area contributed by atoms with Crippen LogP contribution in [0.1, 0.15) is 31.6 Å². The summed E-state index contributed by atoms with van der Waals surface area (Å²) >= 11 is 0. The predicted molar refractivity (Wildman–Crippen MR) is 67.0 cm³/mol. The van der Waals surface area contributed by atoms with Gasteiger partial charge in [0.05, 0.1) is 18.2 Å². The first kappa shape index (κ1) is 13.0. The molecule has 0 saturated carbocycles. The summed E-state index contributed by atoms with van der Waals surface area (Å²) in [7, 11) is 1.67. The number of carbonyl (C=O) groups is 1. The monoisotopic (exact) mass is 252 g/mol. The lowest BCUT2D eigenvalue weighted by atomic mass is 10.1. The Morgan fingerprint density at radius 1 is 1.72 bits per heavy atom. The molecule has 1 aliphatic rings. The Balaban J connectivity index is 1.90. The van der Waals surface area contributed by atoms with Gasteiger partial charge in [-0.05, 0) is 12.8 Å². The Morgan fingerprint density at radius 3 is 3.11 bits per heavy atom. The van der Waals surface area contributed by atoms with Crippen molar-refractivity contribution in [1.29, 1.82) is 0 Å². The quantitative estimate of drug-likeness (QED) is 0.706. The second kappa shape index (κ2) is 5.97. The van der Waals surface area contributed by atoms with Crippen molar-refractivity contribution in [3.05, 3.63) is 18.2 Å². The fraction of sp³-hybridized carbons (Fsp3) is 0.667. The van der Waals surface area contributed by atoms with Crippen LogP contribution in [0.3, 0.4) is 0 Å². The molecule has 1 saturated heterocycles. The SMILES string of the molecule is CCC(NC(=O)C1CC(OC)CN1)c1ncc[nH]1. The van der Waals surface area contributed by atoms with Gasteiger partial charge in [-0.1, -0.05) is 6.92 Å². The minimum absolute atomic E-state index is 0.0119. The summed E-state index contributed by atoms with van der Waals surface area (Å²) in [4.78, 5) is 19.3. The minimum Gasteiger partial charge on any atom is -0.380 e. The van der Waals surface area contributed by atoms with Crippen molar-refractivity contribution < 1.29 is 9.53 Å². The van der Waals surface area contributed by atoms with Gasteiger partial charge in [-0.2, -0.15) is 0 Å². The van der Waals surface area contributed by atoms with E-state index in [0.717, 1.165) is 25.2 Å². The molecule has 3 N–H and O–H groups in total. The molecule has 0 aliphatic carbocycles. The molecular weight excluding hydrogens is 232 g/mol. The van der Waals surface area contributed by atoms with Crippen LogP contribution in [-0.2, 0) is 9.53 Å². The fourth-order valence-electron chi connectivity index (χ4n) is 2.19. The van der Waals surface area contributed by atoms with Gasteiger partial charge in [0.15, 0.2) is 0 Å². The van der Waals surface area contributed by atoms with E-state index in [9.17, 15) is 4.79 Å². The summed E-state index contributed by atoms with van der Waals surface area (Å²) in [5.74, 6) is 0.810. The average Bonchev–Trinajstić information content (AvgIpc) is 3.05. The van der Waals surface area contributed by atoms with Gasteiger partial charge in [0.1, 0.15) is 5.82 Å². The molecule has 1 amide bonds. The minimum atomic E-state index is -0.168. The molecule has 0 aromatic carbocycles. The van der Waals surface area contributed by atoms with Crippen LogP contribution in [0.4, 0.5) is 0 Å². The van der Waals surface area contributed by atoms with Crippen LogP contribution in [0, 0.1) is 0 Å². The smallest absolute Gasteiger partial charge is 0.237 e. The second-order valence-electron chi connectivity index (χ2n) is 4.50. The maximum atomic E-state index is 12.1. The van der Waals surface area contributed by atoms with Crippen molar-refractivity contribution in [2.24, 2.45) is 0 Å². The van der Waals surface area contributed by atoms with Gasteiger partial charge < -0.3 is 20.4 Å². The molecule has 1 fully saturated rings. The maximum absolute atomic E-state index is 12.1. The lowest BCUT2D eigenvalue weighted by Crippen LogP contribution is -2.42. The summed E-state index contributed by atoms with van der Waals surface area (Å²) in [6.07, 6.45) is 5.11. The first-order chi connectivity index (χ1) is 8.74. The van der Waals surface area contributed by atoms with E-state index in [2.05, 4.69) is 20.6 Å². The van der Waals surface area contributed by atoms with E-state index in [-0.39, 0.29) is 24.1 Å². The van der Waals surface area contributed by atoms with Crippen LogP contribution in [0.5, 0.6) is 0 Å². The number of carbonyl (C=O) groups excluding carboxylic acids is 1. The summed E-state index contributed by atoms with van der Waals surface area (Å²) in [6.45, 7) is 2.75. The molecule has 3 unspecified atom stereocenters. The Morgan fingerprint density at radius 2 is 2.56 bits per heavy atom. The Kier molecular flexibility index (Phi) is 4.33. The highest BCUT2D eigenvalue weighted by Gasteiger charge is 2.30. The molecule has 100 valence electrons. The molecular formula is C12H20N4O2. The Labute approximate surface area is 107 Å². The number of methoxy groups -OCH3 is 1. The molecule has 0 radical (unpaired) electrons. The molecule has 1 aliphatic heterocycles. The number of H-pyrrole nitrogens is 1. The van der Waals surface area contributed by atoms with E-state index < -0.39 is 0 Å². The molecule has 18 heavy (non-hydrogen) atoms. The third-order valence-electron chi connectivity index (χ3n) is 3.31. The number of ether oxygens (including phenoxy) is 1. The number of aromatic nitrogens is 2. The highest BCUT2D eigenvalue weighted by Crippen LogP contribution is 2.14. The number of rotatable bonds is 5. The van der Waals surface area contributed by atoms with E-state index in [1.54, 1.807) is 19.5 Å². The number of hydrogen-bond donors (Lipinski definition) is 3. The zero-order valence-corrected chi connectivity index (χ0v) is 10.8. The summed E-state index contributed by atoms with van der Waals surface area (Å²) < 4.78 is 5.23. The third kappa shape index (κ3) is 2.88. The van der Waals surface area contributed by atoms with Crippen molar-refractivity contribution >= 4 is 5.91 Å². The maximum Gasteiger partial charge on any atom is 0.237 e. The van der Waals surface area contributed by atoms with Crippen molar-refractivity contribution in [3.8, 4) is 0 Å². The molecule has 1 aromatic heterocycles. The molecule has 0 spiro atoms. The first-order valence-electron chi connectivity index (χ1n) is 6.30. The average molecular weight is 252 g/mol. The second-order valence-corrected chi connectivity index (χ2v) is 4.50. The first-order valence-corrected chi connectivity index (χ1v) is 6.30. The van der Waals surface area contributed by atoms with Crippen LogP contribution < -0.4 is 10.6 Å². The Hall–Kier alpha value is -1.40. The zero-order chi connectivity index (χ0) is 13.0. The van der Waals surface area contributed by atoms with E-state index in [1.165, 1.54) is 0 Å². The summed E-state index contributed by atoms with van der Waals surface area (Å²) in [5, 5.41) is 6.17. The van der Waals surface area contributed by atoms with Crippen LogP contribution in [0.15, 0.2) is 12.4 Å². The van der Waals surface area contributed by atoms with Crippen molar-refractivity contribution in [2.75, 3.05) is 13.7 Å². The molecule has 2 rings (SSSR count). The third-order valence-corrected chi connectivity index (χ3v) is 3.31. The molecule has 1 aromatic rings. The van der Waals surface area contributed by atoms with Crippen LogP contribution in [0.2, 0.25) is 0 Å². The number of nitrogens with one attached hydrogen (secondary N) is 3. The number of hydrogen-bond acceptors (Lipinski definition) is 4. The van der Waals surface area contributed by atoms with Gasteiger partial charge in [0, 0.05) is 26.0 Å². The topological polar surface area (TPSA) is 79.0 Å². The van der Waals surface area contributed by atoms with E-state index in [4.69, 9.17) is 4.74 Å². The number of imidazole rings is 1. The van der Waals surface area contributed by atoms with Crippen LogP contribution >= 0.6 is 0 Å². The van der Waals surface area contributed by atoms with Gasteiger partial charge >= 0.3 is 0 Å². The lowest BCUT2D eigenvalue weighted by molar-refractivity contribution is -0.123. The molecule has 0 bridgehead atoms. The van der Waals surface area contributed by atoms with Gasteiger partial charge in [-0.25, -0.2) is 4.98 Å². The largest absolute Gasteiger partial charge is 0.380 e. The van der Waals surface area contributed by atoms with Gasteiger partial charge in [0.25, 0.3) is 0 Å². The van der Waals surface area contributed by atoms with Crippen LogP contribution in [0.25, 0.3) is 0 Å². The normalized spacial score (nSPS) is 25.0. The number of amides is 1. The van der Waals surface area contributed by atoms with Crippen molar-refractivity contribution in [3.63, 3.8) is 0 Å². The molecule has 6 nitrogen and oxygen atoms in total. The van der Waals surface area contributed by atoms with E-state index in [0.29, 0.717) is 0 Å². The van der Waals surface area contributed by atoms with E-state index >= 15 is 0 Å². The summed E-state index contributed by atoms with van der Waals surface area (Å²) in [6, 6.07) is -0.227. The van der Waals surface area contributed by atoms with Gasteiger partial charge in [0.2, 0.25) is 5.91 Å². The van der Waals surface area contributed by atoms with Gasteiger partial charge in [-0.3, -0.25) is 4.79 Å². The fourth-order valence-corrected chi connectivity index (χ4v) is 2.19. The van der Waals surface area contributed by atoms with Crippen LogP contribution in [-0.4, -0.2) is 41.7 Å². The number of nitrogens with zero attached hydrogens (tertiary/aromatic N) is 1. The van der Waals surface area contributed by atoms with Crippen molar-refractivity contribution in [2.45, 2.75) is 38.0 Å². The predicted octanol–water partition coefficient (Wildman–Crippen LogP) is 0.354.